The van der Waals surface area contributed by atoms with Gasteiger partial charge in [-0.3, -0.25) is 14.4 Å². The molecule has 0 unspecified atom stereocenters. The van der Waals surface area contributed by atoms with Gasteiger partial charge in [0.1, 0.15) is 12.6 Å². The van der Waals surface area contributed by atoms with Gasteiger partial charge in [0, 0.05) is 0 Å². The smallest absolute Gasteiger partial charge is 0.322 e. The van der Waals surface area contributed by atoms with Gasteiger partial charge < -0.3 is 21.5 Å². The number of carbonyl (C=O) groups excluding carboxylic acids is 2. The molecule has 0 saturated heterocycles. The van der Waals surface area contributed by atoms with Crippen LogP contribution in [0.3, 0.4) is 0 Å². The summed E-state index contributed by atoms with van der Waals surface area (Å²) in [7, 11) is 0. The van der Waals surface area contributed by atoms with E-state index in [2.05, 4.69) is 10.6 Å². The number of carbonyl (C=O) groups is 3. The first-order valence-corrected chi connectivity index (χ1v) is 7.24. The molecule has 0 fully saturated rings. The minimum absolute atomic E-state index is 0.00628. The van der Waals surface area contributed by atoms with Crippen molar-refractivity contribution >= 4 is 17.8 Å². The summed E-state index contributed by atoms with van der Waals surface area (Å²) < 4.78 is 0. The van der Waals surface area contributed by atoms with Gasteiger partial charge >= 0.3 is 5.97 Å². The Hall–Kier alpha value is -1.63. The molecule has 122 valence electrons. The van der Waals surface area contributed by atoms with Gasteiger partial charge in [0.05, 0.1) is 6.04 Å². The van der Waals surface area contributed by atoms with Crippen LogP contribution in [0.5, 0.6) is 0 Å². The molecule has 5 N–H and O–H groups in total. The lowest BCUT2D eigenvalue weighted by atomic mass is 9.98. The molecule has 21 heavy (non-hydrogen) atoms. The van der Waals surface area contributed by atoms with Crippen LogP contribution in [0.2, 0.25) is 0 Å². The zero-order valence-electron chi connectivity index (χ0n) is 13.2. The number of nitrogens with one attached hydrogen (secondary N) is 2. The lowest BCUT2D eigenvalue weighted by Crippen LogP contribution is -2.54. The molecule has 0 aromatic heterocycles. The quantitative estimate of drug-likeness (QED) is 0.481. The van der Waals surface area contributed by atoms with E-state index in [4.69, 9.17) is 10.8 Å². The first-order chi connectivity index (χ1) is 9.68. The Morgan fingerprint density at radius 1 is 1.14 bits per heavy atom. The van der Waals surface area contributed by atoms with Crippen LogP contribution in [0.4, 0.5) is 0 Å². The average molecular weight is 301 g/mol. The van der Waals surface area contributed by atoms with Crippen LogP contribution in [-0.2, 0) is 14.4 Å². The topological polar surface area (TPSA) is 122 Å². The van der Waals surface area contributed by atoms with Gasteiger partial charge in [0.25, 0.3) is 0 Å². The van der Waals surface area contributed by atoms with Crippen LogP contribution in [0.15, 0.2) is 0 Å². The minimum Gasteiger partial charge on any atom is -0.480 e. The number of hydrogen-bond acceptors (Lipinski definition) is 4. The number of hydrogen-bond donors (Lipinski definition) is 4. The van der Waals surface area contributed by atoms with Crippen molar-refractivity contribution in [3.8, 4) is 0 Å². The average Bonchev–Trinajstić information content (AvgIpc) is 2.41. The van der Waals surface area contributed by atoms with Crippen molar-refractivity contribution in [3.63, 3.8) is 0 Å². The summed E-state index contributed by atoms with van der Waals surface area (Å²) in [5.41, 5.74) is 5.83. The van der Waals surface area contributed by atoms with Crippen LogP contribution >= 0.6 is 0 Å². The summed E-state index contributed by atoms with van der Waals surface area (Å²) in [6.07, 6.45) is 1.18. The van der Waals surface area contributed by atoms with Gasteiger partial charge in [-0.25, -0.2) is 0 Å². The number of rotatable bonds is 9. The number of nitrogens with two attached hydrogens (primary N) is 1. The molecule has 0 aliphatic rings. The van der Waals surface area contributed by atoms with Crippen molar-refractivity contribution in [2.45, 2.75) is 52.6 Å². The fourth-order valence-electron chi connectivity index (χ4n) is 1.77. The maximum Gasteiger partial charge on any atom is 0.322 e. The SMILES string of the molecule is CC[C@H](C)[C@H](N)C(=O)N[C@@H](CC(C)C)C(=O)NCC(=O)O. The predicted molar refractivity (Wildman–Crippen MR) is 79.5 cm³/mol. The van der Waals surface area contributed by atoms with Crippen molar-refractivity contribution in [1.29, 1.82) is 0 Å². The van der Waals surface area contributed by atoms with E-state index >= 15 is 0 Å². The lowest BCUT2D eigenvalue weighted by molar-refractivity contribution is -0.138. The highest BCUT2D eigenvalue weighted by molar-refractivity contribution is 5.91. The van der Waals surface area contributed by atoms with Crippen LogP contribution < -0.4 is 16.4 Å². The maximum absolute atomic E-state index is 12.0. The molecule has 0 aromatic carbocycles. The zero-order chi connectivity index (χ0) is 16.6. The normalized spacial score (nSPS) is 15.1. The van der Waals surface area contributed by atoms with Crippen molar-refractivity contribution in [1.82, 2.24) is 10.6 Å². The third kappa shape index (κ3) is 7.65. The van der Waals surface area contributed by atoms with Crippen LogP contribution in [0.1, 0.15) is 40.5 Å². The first kappa shape index (κ1) is 19.4. The highest BCUT2D eigenvalue weighted by Crippen LogP contribution is 2.08. The van der Waals surface area contributed by atoms with Crippen molar-refractivity contribution in [2.24, 2.45) is 17.6 Å². The number of aliphatic carboxylic acids is 1. The van der Waals surface area contributed by atoms with E-state index in [0.717, 1.165) is 6.42 Å². The van der Waals surface area contributed by atoms with E-state index in [0.29, 0.717) is 6.42 Å². The van der Waals surface area contributed by atoms with Gasteiger partial charge in [0.2, 0.25) is 11.8 Å². The molecule has 3 atom stereocenters. The summed E-state index contributed by atoms with van der Waals surface area (Å²) in [6.45, 7) is 7.16. The van der Waals surface area contributed by atoms with Crippen LogP contribution in [-0.4, -0.2) is 41.5 Å². The molecule has 0 heterocycles. The van der Waals surface area contributed by atoms with Gasteiger partial charge in [0.15, 0.2) is 0 Å². The fraction of sp³-hybridized carbons (Fsp3) is 0.786. The van der Waals surface area contributed by atoms with Crippen molar-refractivity contribution < 1.29 is 19.5 Å². The Morgan fingerprint density at radius 2 is 1.71 bits per heavy atom. The molecular formula is C14H27N3O4. The molecule has 0 saturated carbocycles. The Bertz CT molecular complexity index is 371. The second kappa shape index (κ2) is 9.33. The van der Waals surface area contributed by atoms with Crippen molar-refractivity contribution in [3.05, 3.63) is 0 Å². The standard InChI is InChI=1S/C14H27N3O4/c1-5-9(4)12(15)14(21)17-10(6-8(2)3)13(20)16-7-11(18)19/h8-10,12H,5-7,15H2,1-4H3,(H,16,20)(H,17,21)(H,18,19)/t9-,10-,12-/m0/s1. The minimum atomic E-state index is -1.13. The van der Waals surface area contributed by atoms with E-state index in [9.17, 15) is 14.4 Å². The Labute approximate surface area is 125 Å². The second-order valence-corrected chi connectivity index (χ2v) is 5.71. The van der Waals surface area contributed by atoms with Gasteiger partial charge in [-0.05, 0) is 18.3 Å². The molecular weight excluding hydrogens is 274 g/mol. The van der Waals surface area contributed by atoms with Crippen LogP contribution in [0.25, 0.3) is 0 Å². The van der Waals surface area contributed by atoms with E-state index in [1.807, 2.05) is 27.7 Å². The summed E-state index contributed by atoms with van der Waals surface area (Å²) in [5, 5.41) is 13.5. The zero-order valence-corrected chi connectivity index (χ0v) is 13.2. The summed E-state index contributed by atoms with van der Waals surface area (Å²) in [5.74, 6) is -1.84. The maximum atomic E-state index is 12.0. The number of carboxylic acids is 1. The third-order valence-electron chi connectivity index (χ3n) is 3.31. The van der Waals surface area contributed by atoms with Crippen molar-refractivity contribution in [2.75, 3.05) is 6.54 Å². The van der Waals surface area contributed by atoms with Crippen LogP contribution in [0, 0.1) is 11.8 Å². The first-order valence-electron chi connectivity index (χ1n) is 7.24. The fourth-order valence-corrected chi connectivity index (χ4v) is 1.77. The van der Waals surface area contributed by atoms with Gasteiger partial charge in [-0.2, -0.15) is 0 Å². The van der Waals surface area contributed by atoms with E-state index in [1.165, 1.54) is 0 Å². The molecule has 0 bridgehead atoms. The van der Waals surface area contributed by atoms with Gasteiger partial charge in [-0.1, -0.05) is 34.1 Å². The largest absolute Gasteiger partial charge is 0.480 e. The van der Waals surface area contributed by atoms with E-state index < -0.39 is 30.5 Å². The molecule has 0 aliphatic heterocycles. The Balaban J connectivity index is 4.72. The molecule has 0 rings (SSSR count). The lowest BCUT2D eigenvalue weighted by Gasteiger charge is -2.23. The molecule has 0 radical (unpaired) electrons. The third-order valence-corrected chi connectivity index (χ3v) is 3.31. The Kier molecular flexibility index (Phi) is 8.61. The second-order valence-electron chi connectivity index (χ2n) is 5.71. The number of amides is 2. The van der Waals surface area contributed by atoms with Gasteiger partial charge in [-0.15, -0.1) is 0 Å². The Morgan fingerprint density at radius 3 is 2.14 bits per heavy atom. The van der Waals surface area contributed by atoms with E-state index in [1.54, 1.807) is 0 Å². The highest BCUT2D eigenvalue weighted by Gasteiger charge is 2.26. The highest BCUT2D eigenvalue weighted by atomic mass is 16.4. The molecule has 0 spiro atoms. The summed E-state index contributed by atoms with van der Waals surface area (Å²) in [6, 6.07) is -1.45. The molecule has 0 aliphatic carbocycles. The van der Waals surface area contributed by atoms with E-state index in [-0.39, 0.29) is 17.7 Å². The number of carboxylic acid groups (broad SMARTS) is 1. The monoisotopic (exact) mass is 301 g/mol. The summed E-state index contributed by atoms with van der Waals surface area (Å²) >= 11 is 0. The summed E-state index contributed by atoms with van der Waals surface area (Å²) in [4.78, 5) is 34.5. The molecule has 2 amide bonds. The molecule has 7 heteroatoms. The predicted octanol–water partition coefficient (Wildman–Crippen LogP) is 0.0915. The molecule has 0 aromatic rings. The molecule has 7 nitrogen and oxygen atoms in total.